The van der Waals surface area contributed by atoms with Crippen molar-refractivity contribution in [1.29, 1.82) is 0 Å². The van der Waals surface area contributed by atoms with Crippen LogP contribution in [0.4, 0.5) is 5.69 Å². The van der Waals surface area contributed by atoms with E-state index in [9.17, 15) is 13.2 Å². The highest BCUT2D eigenvalue weighted by molar-refractivity contribution is 9.10. The summed E-state index contributed by atoms with van der Waals surface area (Å²) in [4.78, 5) is 16.0. The maximum atomic E-state index is 12.4. The number of hydrogen-bond acceptors (Lipinski definition) is 4. The van der Waals surface area contributed by atoms with Crippen LogP contribution in [0.5, 0.6) is 0 Å². The van der Waals surface area contributed by atoms with E-state index in [2.05, 4.69) is 30.7 Å². The lowest BCUT2D eigenvalue weighted by Crippen LogP contribution is -2.16. The molecule has 0 spiro atoms. The van der Waals surface area contributed by atoms with Crippen molar-refractivity contribution in [2.45, 2.75) is 11.8 Å². The van der Waals surface area contributed by atoms with Crippen LogP contribution in [-0.4, -0.2) is 23.2 Å². The van der Waals surface area contributed by atoms with Gasteiger partial charge in [0.2, 0.25) is 0 Å². The maximum Gasteiger partial charge on any atom is 0.272 e. The van der Waals surface area contributed by atoms with Crippen molar-refractivity contribution in [3.8, 4) is 5.82 Å². The zero-order valence-corrected chi connectivity index (χ0v) is 14.9. The lowest BCUT2D eigenvalue weighted by Gasteiger charge is -2.09. The van der Waals surface area contributed by atoms with Crippen molar-refractivity contribution >= 4 is 31.6 Å². The number of aromatic amines is 1. The average molecular weight is 409 g/mol. The van der Waals surface area contributed by atoms with Crippen LogP contribution in [0.1, 0.15) is 5.69 Å². The Kier molecular flexibility index (Phi) is 4.29. The van der Waals surface area contributed by atoms with Crippen LogP contribution in [0.25, 0.3) is 5.82 Å². The Morgan fingerprint density at radius 1 is 1.21 bits per heavy atom. The van der Waals surface area contributed by atoms with Crippen LogP contribution in [-0.2, 0) is 10.0 Å². The monoisotopic (exact) mass is 408 g/mol. The first kappa shape index (κ1) is 16.5. The Bertz CT molecular complexity index is 1040. The third kappa shape index (κ3) is 3.26. The second kappa shape index (κ2) is 6.25. The molecule has 0 atom stereocenters. The van der Waals surface area contributed by atoms with Crippen molar-refractivity contribution in [2.24, 2.45) is 0 Å². The van der Waals surface area contributed by atoms with Gasteiger partial charge in [-0.05, 0) is 47.1 Å². The first-order valence-corrected chi connectivity index (χ1v) is 9.17. The first-order valence-electron chi connectivity index (χ1n) is 6.89. The highest BCUT2D eigenvalue weighted by atomic mass is 79.9. The Labute approximate surface area is 146 Å². The summed E-state index contributed by atoms with van der Waals surface area (Å²) in [6, 6.07) is 11.1. The van der Waals surface area contributed by atoms with E-state index in [1.807, 2.05) is 0 Å². The summed E-state index contributed by atoms with van der Waals surface area (Å²) < 4.78 is 29.0. The minimum absolute atomic E-state index is 0.130. The SMILES string of the molecule is Cc1cc(=O)n(-c2ccc(NS(=O)(=O)c3ccccc3Br)cn2)[nH]1. The summed E-state index contributed by atoms with van der Waals surface area (Å²) in [5.41, 5.74) is 0.771. The van der Waals surface area contributed by atoms with Gasteiger partial charge in [-0.3, -0.25) is 14.6 Å². The molecule has 9 heteroatoms. The molecule has 0 aliphatic carbocycles. The van der Waals surface area contributed by atoms with Crippen molar-refractivity contribution in [3.63, 3.8) is 0 Å². The molecular weight excluding hydrogens is 396 g/mol. The third-order valence-corrected chi connectivity index (χ3v) is 5.60. The summed E-state index contributed by atoms with van der Waals surface area (Å²) in [5.74, 6) is 0.372. The molecule has 0 amide bonds. The zero-order chi connectivity index (χ0) is 17.3. The molecule has 2 aromatic heterocycles. The number of pyridine rings is 1. The molecular formula is C15H13BrN4O3S. The minimum Gasteiger partial charge on any atom is -0.294 e. The van der Waals surface area contributed by atoms with Crippen LogP contribution in [0.3, 0.4) is 0 Å². The average Bonchev–Trinajstić information content (AvgIpc) is 2.86. The number of hydrogen-bond donors (Lipinski definition) is 2. The number of halogens is 1. The van der Waals surface area contributed by atoms with Gasteiger partial charge in [-0.25, -0.2) is 18.1 Å². The molecule has 1 aromatic carbocycles. The fraction of sp³-hybridized carbons (Fsp3) is 0.0667. The highest BCUT2D eigenvalue weighted by Gasteiger charge is 2.17. The molecule has 0 aliphatic rings. The Balaban J connectivity index is 1.88. The molecule has 3 aromatic rings. The Morgan fingerprint density at radius 2 is 1.96 bits per heavy atom. The number of aryl methyl sites for hydroxylation is 1. The van der Waals surface area contributed by atoms with E-state index < -0.39 is 10.0 Å². The van der Waals surface area contributed by atoms with Crippen molar-refractivity contribution in [2.75, 3.05) is 4.72 Å². The number of nitrogens with zero attached hydrogens (tertiary/aromatic N) is 2. The number of nitrogens with one attached hydrogen (secondary N) is 2. The molecule has 124 valence electrons. The van der Waals surface area contributed by atoms with Gasteiger partial charge < -0.3 is 0 Å². The predicted octanol–water partition coefficient (Wildman–Crippen LogP) is 2.43. The molecule has 3 rings (SSSR count). The van der Waals surface area contributed by atoms with E-state index in [0.717, 1.165) is 0 Å². The van der Waals surface area contributed by atoms with E-state index in [0.29, 0.717) is 21.7 Å². The minimum atomic E-state index is -3.74. The second-order valence-corrected chi connectivity index (χ2v) is 7.56. The van der Waals surface area contributed by atoms with Gasteiger partial charge >= 0.3 is 0 Å². The highest BCUT2D eigenvalue weighted by Crippen LogP contribution is 2.23. The van der Waals surface area contributed by atoms with E-state index in [1.165, 1.54) is 23.0 Å². The number of anilines is 1. The summed E-state index contributed by atoms with van der Waals surface area (Å²) in [5, 5.41) is 2.86. The second-order valence-electron chi connectivity index (χ2n) is 5.05. The standard InChI is InChI=1S/C15H13BrN4O3S/c1-10-8-15(21)20(18-10)14-7-6-11(9-17-14)19-24(22,23)13-5-3-2-4-12(13)16/h2-9,18-19H,1H3. The smallest absolute Gasteiger partial charge is 0.272 e. The Hall–Kier alpha value is -2.39. The lowest BCUT2D eigenvalue weighted by atomic mass is 10.4. The number of aromatic nitrogens is 3. The molecule has 7 nitrogen and oxygen atoms in total. The third-order valence-electron chi connectivity index (χ3n) is 3.20. The van der Waals surface area contributed by atoms with E-state index in [1.54, 1.807) is 37.3 Å². The van der Waals surface area contributed by atoms with Crippen molar-refractivity contribution < 1.29 is 8.42 Å². The van der Waals surface area contributed by atoms with E-state index in [4.69, 9.17) is 0 Å². The lowest BCUT2D eigenvalue weighted by molar-refractivity contribution is 0.600. The van der Waals surface area contributed by atoms with Crippen LogP contribution in [0.15, 0.2) is 62.8 Å². The fourth-order valence-corrected chi connectivity index (χ4v) is 4.18. The molecule has 0 fully saturated rings. The fourth-order valence-electron chi connectivity index (χ4n) is 2.14. The summed E-state index contributed by atoms with van der Waals surface area (Å²) in [6.07, 6.45) is 1.35. The van der Waals surface area contributed by atoms with Crippen molar-refractivity contribution in [3.05, 3.63) is 69.2 Å². The Morgan fingerprint density at radius 3 is 2.54 bits per heavy atom. The van der Waals surface area contributed by atoms with Gasteiger partial charge in [0.05, 0.1) is 11.9 Å². The topological polar surface area (TPSA) is 96.8 Å². The predicted molar refractivity (Wildman–Crippen MR) is 93.9 cm³/mol. The van der Waals surface area contributed by atoms with Gasteiger partial charge in [0, 0.05) is 16.2 Å². The maximum absolute atomic E-state index is 12.4. The summed E-state index contributed by atoms with van der Waals surface area (Å²) in [7, 11) is -3.74. The molecule has 24 heavy (non-hydrogen) atoms. The molecule has 0 radical (unpaired) electrons. The summed E-state index contributed by atoms with van der Waals surface area (Å²) >= 11 is 3.22. The molecule has 0 bridgehead atoms. The zero-order valence-electron chi connectivity index (χ0n) is 12.5. The molecule has 0 saturated carbocycles. The first-order chi connectivity index (χ1) is 11.4. The van der Waals surface area contributed by atoms with Gasteiger partial charge in [-0.1, -0.05) is 12.1 Å². The quantitative estimate of drug-likeness (QED) is 0.692. The number of H-pyrrole nitrogens is 1. The van der Waals surface area contributed by atoms with E-state index in [-0.39, 0.29) is 10.5 Å². The van der Waals surface area contributed by atoms with Gasteiger partial charge in [0.15, 0.2) is 5.82 Å². The molecule has 2 N–H and O–H groups in total. The van der Waals surface area contributed by atoms with Crippen LogP contribution in [0.2, 0.25) is 0 Å². The van der Waals surface area contributed by atoms with Crippen LogP contribution in [0, 0.1) is 6.92 Å². The summed E-state index contributed by atoms with van der Waals surface area (Å²) in [6.45, 7) is 1.76. The van der Waals surface area contributed by atoms with Crippen molar-refractivity contribution in [1.82, 2.24) is 14.8 Å². The van der Waals surface area contributed by atoms with E-state index >= 15 is 0 Å². The van der Waals surface area contributed by atoms with Gasteiger partial charge in [0.1, 0.15) is 4.90 Å². The van der Waals surface area contributed by atoms with Gasteiger partial charge in [-0.2, -0.15) is 0 Å². The largest absolute Gasteiger partial charge is 0.294 e. The normalized spacial score (nSPS) is 11.4. The van der Waals surface area contributed by atoms with Gasteiger partial charge in [-0.15, -0.1) is 0 Å². The number of rotatable bonds is 4. The van der Waals surface area contributed by atoms with Gasteiger partial charge in [0.25, 0.3) is 15.6 Å². The molecule has 0 saturated heterocycles. The molecule has 2 heterocycles. The molecule has 0 aliphatic heterocycles. The van der Waals surface area contributed by atoms with Crippen LogP contribution < -0.4 is 10.3 Å². The van der Waals surface area contributed by atoms with Crippen LogP contribution >= 0.6 is 15.9 Å². The number of sulfonamides is 1. The molecule has 0 unspecified atom stereocenters. The number of benzene rings is 1.